The van der Waals surface area contributed by atoms with E-state index < -0.39 is 11.8 Å². The molecule has 0 saturated carbocycles. The van der Waals surface area contributed by atoms with Crippen LogP contribution in [0, 0.1) is 5.82 Å². The quantitative estimate of drug-likeness (QED) is 0.844. The molecule has 1 aliphatic heterocycles. The molecule has 1 saturated heterocycles. The number of rotatable bonds is 6. The molecule has 0 aliphatic carbocycles. The normalized spacial score (nSPS) is 16.6. The van der Waals surface area contributed by atoms with Crippen LogP contribution in [0.25, 0.3) is 0 Å². The number of benzene rings is 1. The van der Waals surface area contributed by atoms with Crippen molar-refractivity contribution in [1.82, 2.24) is 9.88 Å². The molecule has 2 aromatic rings. The molecule has 7 heteroatoms. The molecule has 1 aromatic heterocycles. The average Bonchev–Trinajstić information content (AvgIpc) is 3.24. The van der Waals surface area contributed by atoms with E-state index in [0.29, 0.717) is 24.6 Å². The average molecular weight is 347 g/mol. The van der Waals surface area contributed by atoms with Crippen LogP contribution in [0.1, 0.15) is 18.4 Å². The van der Waals surface area contributed by atoms with Crippen molar-refractivity contribution in [3.63, 3.8) is 0 Å². The van der Waals surface area contributed by atoms with Crippen LogP contribution in [0.15, 0.2) is 36.7 Å². The molecule has 2 heterocycles. The van der Waals surface area contributed by atoms with E-state index in [-0.39, 0.29) is 6.10 Å². The summed E-state index contributed by atoms with van der Waals surface area (Å²) in [6.45, 7) is 1.50. The topological polar surface area (TPSA) is 64.5 Å². The molecule has 0 radical (unpaired) electrons. The van der Waals surface area contributed by atoms with E-state index >= 15 is 0 Å². The number of nitrogens with zero attached hydrogens (tertiary/aromatic N) is 1. The van der Waals surface area contributed by atoms with Crippen molar-refractivity contribution < 1.29 is 18.7 Å². The minimum Gasteiger partial charge on any atom is -0.489 e. The second-order valence-electron chi connectivity index (χ2n) is 6.08. The Morgan fingerprint density at radius 3 is 3.04 bits per heavy atom. The van der Waals surface area contributed by atoms with Crippen LogP contribution in [0.4, 0.5) is 14.9 Å². The van der Waals surface area contributed by atoms with Gasteiger partial charge >= 0.3 is 6.03 Å². The predicted octanol–water partition coefficient (Wildman–Crippen LogP) is 3.04. The summed E-state index contributed by atoms with van der Waals surface area (Å²) in [5, 5.41) is 5.38. The number of aromatic nitrogens is 1. The SMILES string of the molecule is Cn1ccc(CNC(=O)Nc2cc(F)ccc2OC[C@@H]2CCCO2)c1. The number of carbonyl (C=O) groups is 1. The zero-order valence-corrected chi connectivity index (χ0v) is 14.1. The zero-order valence-electron chi connectivity index (χ0n) is 14.1. The smallest absolute Gasteiger partial charge is 0.319 e. The number of amides is 2. The second kappa shape index (κ2) is 8.02. The number of hydrogen-bond donors (Lipinski definition) is 2. The van der Waals surface area contributed by atoms with Crippen molar-refractivity contribution >= 4 is 11.7 Å². The van der Waals surface area contributed by atoms with Crippen LogP contribution in [0.2, 0.25) is 0 Å². The first-order valence-electron chi connectivity index (χ1n) is 8.30. The van der Waals surface area contributed by atoms with Gasteiger partial charge in [-0.3, -0.25) is 0 Å². The van der Waals surface area contributed by atoms with Gasteiger partial charge in [0.15, 0.2) is 0 Å². The lowest BCUT2D eigenvalue weighted by molar-refractivity contribution is 0.0682. The minimum atomic E-state index is -0.442. The Morgan fingerprint density at radius 1 is 1.44 bits per heavy atom. The first-order valence-corrected chi connectivity index (χ1v) is 8.30. The van der Waals surface area contributed by atoms with Gasteiger partial charge in [0.05, 0.1) is 11.8 Å². The number of carbonyl (C=O) groups excluding carboxylic acids is 1. The molecule has 1 atom stereocenters. The van der Waals surface area contributed by atoms with Gasteiger partial charge in [0, 0.05) is 38.7 Å². The number of ether oxygens (including phenoxy) is 2. The number of urea groups is 1. The van der Waals surface area contributed by atoms with Crippen LogP contribution in [0.3, 0.4) is 0 Å². The summed E-state index contributed by atoms with van der Waals surface area (Å²) in [7, 11) is 1.91. The lowest BCUT2D eigenvalue weighted by Gasteiger charge is -2.15. The van der Waals surface area contributed by atoms with Gasteiger partial charge in [0.1, 0.15) is 18.2 Å². The molecule has 134 valence electrons. The lowest BCUT2D eigenvalue weighted by atomic mass is 10.2. The van der Waals surface area contributed by atoms with Gasteiger partial charge < -0.3 is 24.7 Å². The van der Waals surface area contributed by atoms with Crippen LogP contribution >= 0.6 is 0 Å². The van der Waals surface area contributed by atoms with Gasteiger partial charge in [-0.05, 0) is 36.6 Å². The Morgan fingerprint density at radius 2 is 2.32 bits per heavy atom. The van der Waals surface area contributed by atoms with E-state index in [4.69, 9.17) is 9.47 Å². The molecule has 25 heavy (non-hydrogen) atoms. The van der Waals surface area contributed by atoms with E-state index in [2.05, 4.69) is 10.6 Å². The maximum atomic E-state index is 13.5. The van der Waals surface area contributed by atoms with Gasteiger partial charge in [0.2, 0.25) is 0 Å². The molecule has 1 aliphatic rings. The Balaban J connectivity index is 1.57. The third-order valence-corrected chi connectivity index (χ3v) is 3.98. The molecule has 2 N–H and O–H groups in total. The molecule has 0 unspecified atom stereocenters. The summed E-state index contributed by atoms with van der Waals surface area (Å²) >= 11 is 0. The summed E-state index contributed by atoms with van der Waals surface area (Å²) in [5.41, 5.74) is 1.27. The number of halogens is 1. The fourth-order valence-electron chi connectivity index (χ4n) is 2.70. The standard InChI is InChI=1S/C18H22FN3O3/c1-22-7-6-13(11-22)10-20-18(23)21-16-9-14(19)4-5-17(16)25-12-15-3-2-8-24-15/h4-7,9,11,15H,2-3,8,10,12H2,1H3,(H2,20,21,23)/t15-/m0/s1. The van der Waals surface area contributed by atoms with Crippen molar-refractivity contribution in [2.24, 2.45) is 7.05 Å². The maximum absolute atomic E-state index is 13.5. The first kappa shape index (κ1) is 17.3. The van der Waals surface area contributed by atoms with Crippen LogP contribution in [-0.2, 0) is 18.3 Å². The maximum Gasteiger partial charge on any atom is 0.319 e. The number of aryl methyl sites for hydroxylation is 1. The molecular weight excluding hydrogens is 325 g/mol. The molecule has 0 bridgehead atoms. The molecule has 1 aromatic carbocycles. The molecule has 3 rings (SSSR count). The summed E-state index contributed by atoms with van der Waals surface area (Å²) in [5.74, 6) is -0.0189. The van der Waals surface area contributed by atoms with Gasteiger partial charge in [-0.1, -0.05) is 0 Å². The van der Waals surface area contributed by atoms with Crippen molar-refractivity contribution in [3.05, 3.63) is 48.0 Å². The van der Waals surface area contributed by atoms with Crippen LogP contribution in [0.5, 0.6) is 5.75 Å². The molecule has 1 fully saturated rings. The van der Waals surface area contributed by atoms with Crippen molar-refractivity contribution in [2.75, 3.05) is 18.5 Å². The molecule has 2 amide bonds. The van der Waals surface area contributed by atoms with Gasteiger partial charge in [-0.25, -0.2) is 9.18 Å². The summed E-state index contributed by atoms with van der Waals surface area (Å²) in [6, 6.07) is 5.55. The number of hydrogen-bond acceptors (Lipinski definition) is 3. The highest BCUT2D eigenvalue weighted by Gasteiger charge is 2.17. The Labute approximate surface area is 145 Å². The number of anilines is 1. The monoisotopic (exact) mass is 347 g/mol. The van der Waals surface area contributed by atoms with Crippen LogP contribution in [-0.4, -0.2) is 29.9 Å². The highest BCUT2D eigenvalue weighted by Crippen LogP contribution is 2.26. The second-order valence-corrected chi connectivity index (χ2v) is 6.08. The van der Waals surface area contributed by atoms with E-state index in [1.165, 1.54) is 18.2 Å². The third-order valence-electron chi connectivity index (χ3n) is 3.98. The van der Waals surface area contributed by atoms with Gasteiger partial charge in [-0.15, -0.1) is 0 Å². The molecular formula is C18H22FN3O3. The van der Waals surface area contributed by atoms with E-state index in [9.17, 15) is 9.18 Å². The van der Waals surface area contributed by atoms with E-state index in [1.54, 1.807) is 0 Å². The fraction of sp³-hybridized carbons (Fsp3) is 0.389. The van der Waals surface area contributed by atoms with Crippen LogP contribution < -0.4 is 15.4 Å². The number of nitrogens with one attached hydrogen (secondary N) is 2. The predicted molar refractivity (Wildman–Crippen MR) is 92.1 cm³/mol. The lowest BCUT2D eigenvalue weighted by Crippen LogP contribution is -2.28. The molecule has 6 nitrogen and oxygen atoms in total. The first-order chi connectivity index (χ1) is 12.1. The Hall–Kier alpha value is -2.54. The Kier molecular flexibility index (Phi) is 5.55. The third kappa shape index (κ3) is 4.96. The van der Waals surface area contributed by atoms with Crippen molar-refractivity contribution in [2.45, 2.75) is 25.5 Å². The largest absolute Gasteiger partial charge is 0.489 e. The summed E-state index contributed by atoms with van der Waals surface area (Å²) < 4.78 is 26.7. The highest BCUT2D eigenvalue weighted by atomic mass is 19.1. The molecule has 0 spiro atoms. The fourth-order valence-corrected chi connectivity index (χ4v) is 2.70. The van der Waals surface area contributed by atoms with Crippen molar-refractivity contribution in [3.8, 4) is 5.75 Å². The summed E-state index contributed by atoms with van der Waals surface area (Å²) in [6.07, 6.45) is 5.83. The highest BCUT2D eigenvalue weighted by molar-refractivity contribution is 5.90. The van der Waals surface area contributed by atoms with E-state index in [1.807, 2.05) is 30.1 Å². The van der Waals surface area contributed by atoms with Crippen molar-refractivity contribution in [1.29, 1.82) is 0 Å². The van der Waals surface area contributed by atoms with E-state index in [0.717, 1.165) is 25.0 Å². The zero-order chi connectivity index (χ0) is 17.6. The summed E-state index contributed by atoms with van der Waals surface area (Å²) in [4.78, 5) is 12.1. The minimum absolute atomic E-state index is 0.0461. The Bertz CT molecular complexity index is 726. The van der Waals surface area contributed by atoms with Gasteiger partial charge in [-0.2, -0.15) is 0 Å². The van der Waals surface area contributed by atoms with Gasteiger partial charge in [0.25, 0.3) is 0 Å².